The van der Waals surface area contributed by atoms with Gasteiger partial charge in [0.2, 0.25) is 10.0 Å². The summed E-state index contributed by atoms with van der Waals surface area (Å²) in [5.74, 6) is -0.286. The number of hydrogen-bond acceptors (Lipinski definition) is 4. The zero-order valence-electron chi connectivity index (χ0n) is 19.9. The van der Waals surface area contributed by atoms with Gasteiger partial charge < -0.3 is 5.32 Å². The Balaban J connectivity index is 1.30. The monoisotopic (exact) mass is 535 g/mol. The van der Waals surface area contributed by atoms with E-state index in [0.29, 0.717) is 29.1 Å². The minimum Gasteiger partial charge on any atom is -0.348 e. The second kappa shape index (κ2) is 10.5. The average molecular weight is 536 g/mol. The first-order valence-electron chi connectivity index (χ1n) is 12.1. The molecule has 9 heteroatoms. The number of fused-ring (bicyclic) bond motifs is 1. The fourth-order valence-corrected chi connectivity index (χ4v) is 6.27. The summed E-state index contributed by atoms with van der Waals surface area (Å²) < 4.78 is 30.8. The van der Waals surface area contributed by atoms with E-state index in [-0.39, 0.29) is 22.4 Å². The third kappa shape index (κ3) is 5.61. The van der Waals surface area contributed by atoms with Crippen LogP contribution in [-0.2, 0) is 10.0 Å². The first-order valence-corrected chi connectivity index (χ1v) is 14.0. The zero-order chi connectivity index (χ0) is 26.0. The quantitative estimate of drug-likeness (QED) is 0.375. The van der Waals surface area contributed by atoms with Crippen LogP contribution in [0.3, 0.4) is 0 Å². The number of carbonyl (C=O) groups is 1. The van der Waals surface area contributed by atoms with Gasteiger partial charge in [0, 0.05) is 40.6 Å². The van der Waals surface area contributed by atoms with Crippen molar-refractivity contribution in [3.63, 3.8) is 0 Å². The predicted octanol–water partition coefficient (Wildman–Crippen LogP) is 4.66. The molecule has 0 spiro atoms. The molecule has 37 heavy (non-hydrogen) atoms. The lowest BCUT2D eigenvalue weighted by atomic mass is 9.91. The molecule has 0 bridgehead atoms. The molecule has 1 aliphatic carbocycles. The van der Waals surface area contributed by atoms with Gasteiger partial charge in [-0.05, 0) is 78.2 Å². The number of nitrogens with one attached hydrogen (secondary N) is 2. The highest BCUT2D eigenvalue weighted by Crippen LogP contribution is 2.25. The fourth-order valence-electron chi connectivity index (χ4n) is 4.74. The zero-order valence-corrected chi connectivity index (χ0v) is 21.5. The summed E-state index contributed by atoms with van der Waals surface area (Å²) in [6.45, 7) is 0. The van der Waals surface area contributed by atoms with Crippen molar-refractivity contribution >= 4 is 38.3 Å². The summed E-state index contributed by atoms with van der Waals surface area (Å²) in [4.78, 5) is 25.2. The van der Waals surface area contributed by atoms with Gasteiger partial charge in [-0.2, -0.15) is 0 Å². The van der Waals surface area contributed by atoms with Crippen LogP contribution < -0.4 is 15.6 Å². The van der Waals surface area contributed by atoms with Crippen LogP contribution in [0.15, 0.2) is 94.7 Å². The molecule has 1 aromatic heterocycles. The number of nitrogens with zero attached hydrogens (tertiary/aromatic N) is 1. The summed E-state index contributed by atoms with van der Waals surface area (Å²) >= 11 is 6.04. The highest BCUT2D eigenvalue weighted by Gasteiger charge is 2.31. The number of aromatic nitrogens is 1. The van der Waals surface area contributed by atoms with Gasteiger partial charge in [-0.3, -0.25) is 14.2 Å². The van der Waals surface area contributed by atoms with Crippen molar-refractivity contribution in [2.45, 2.75) is 42.7 Å². The van der Waals surface area contributed by atoms with Gasteiger partial charge in [0.15, 0.2) is 0 Å². The molecule has 1 saturated carbocycles. The Morgan fingerprint density at radius 1 is 0.865 bits per heavy atom. The van der Waals surface area contributed by atoms with Crippen LogP contribution in [0.25, 0.3) is 16.5 Å². The van der Waals surface area contributed by atoms with Crippen molar-refractivity contribution in [2.24, 2.45) is 0 Å². The third-order valence-corrected chi connectivity index (χ3v) is 8.43. The molecule has 2 atom stereocenters. The fraction of sp³-hybridized carbons (Fsp3) is 0.214. The van der Waals surface area contributed by atoms with Crippen molar-refractivity contribution in [1.29, 1.82) is 0 Å². The van der Waals surface area contributed by atoms with Crippen molar-refractivity contribution in [2.75, 3.05) is 0 Å². The van der Waals surface area contributed by atoms with Crippen LogP contribution in [0, 0.1) is 0 Å². The molecule has 0 aliphatic heterocycles. The first kappa shape index (κ1) is 25.2. The Morgan fingerprint density at radius 3 is 2.32 bits per heavy atom. The van der Waals surface area contributed by atoms with Gasteiger partial charge in [-0.1, -0.05) is 42.6 Å². The standard InChI is InChI=1S/C28H26ClN3O4S/c29-22-12-8-21-18-24(15-11-20(21)17-22)37(35,36)31-26-6-2-1-5-25(26)30-28(34)19-9-13-23(14-10-19)32-16-4-3-7-27(32)33/h3-4,7-18,25-26,31H,1-2,5-6H2,(H,30,34)/t25?,26-/m1/s1. The van der Waals surface area contributed by atoms with Crippen LogP contribution in [0.4, 0.5) is 0 Å². The van der Waals surface area contributed by atoms with Crippen LogP contribution in [-0.4, -0.2) is 31.0 Å². The van der Waals surface area contributed by atoms with Crippen molar-refractivity contribution in [1.82, 2.24) is 14.6 Å². The molecule has 2 N–H and O–H groups in total. The topological polar surface area (TPSA) is 97.3 Å². The smallest absolute Gasteiger partial charge is 0.255 e. The number of benzene rings is 3. The highest BCUT2D eigenvalue weighted by molar-refractivity contribution is 7.89. The molecule has 4 aromatic rings. The molecule has 1 aliphatic rings. The summed E-state index contributed by atoms with van der Waals surface area (Å²) in [5.41, 5.74) is 0.934. The molecule has 1 fully saturated rings. The van der Waals surface area contributed by atoms with E-state index < -0.39 is 16.1 Å². The van der Waals surface area contributed by atoms with E-state index in [9.17, 15) is 18.0 Å². The Labute approximate surface area is 220 Å². The molecule has 0 saturated heterocycles. The van der Waals surface area contributed by atoms with Gasteiger partial charge in [0.25, 0.3) is 11.5 Å². The van der Waals surface area contributed by atoms with E-state index in [0.717, 1.165) is 23.6 Å². The Hall–Kier alpha value is -3.46. The minimum absolute atomic E-state index is 0.160. The number of amides is 1. The van der Waals surface area contributed by atoms with Crippen molar-refractivity contribution in [3.8, 4) is 5.69 Å². The van der Waals surface area contributed by atoms with Crippen molar-refractivity contribution in [3.05, 3.63) is 106 Å². The predicted molar refractivity (Wildman–Crippen MR) is 145 cm³/mol. The van der Waals surface area contributed by atoms with Gasteiger partial charge in [-0.15, -0.1) is 0 Å². The normalized spacial score (nSPS) is 18.0. The summed E-state index contributed by atoms with van der Waals surface area (Å²) in [7, 11) is -3.80. The molecular formula is C28H26ClN3O4S. The summed E-state index contributed by atoms with van der Waals surface area (Å²) in [6, 6.07) is 21.1. The van der Waals surface area contributed by atoms with Crippen LogP contribution >= 0.6 is 11.6 Å². The lowest BCUT2D eigenvalue weighted by molar-refractivity contribution is 0.0918. The van der Waals surface area contributed by atoms with Gasteiger partial charge in [0.1, 0.15) is 0 Å². The Kier molecular flexibility index (Phi) is 7.15. The Morgan fingerprint density at radius 2 is 1.57 bits per heavy atom. The van der Waals surface area contributed by atoms with Crippen LogP contribution in [0.1, 0.15) is 36.0 Å². The SMILES string of the molecule is O=C(NC1CCCC[C@H]1NS(=O)(=O)c1ccc2cc(Cl)ccc2c1)c1ccc(-n2ccccc2=O)cc1. The number of halogens is 1. The highest BCUT2D eigenvalue weighted by atomic mass is 35.5. The molecule has 1 unspecified atom stereocenters. The molecule has 0 radical (unpaired) electrons. The van der Waals surface area contributed by atoms with Gasteiger partial charge in [-0.25, -0.2) is 13.1 Å². The summed E-state index contributed by atoms with van der Waals surface area (Å²) in [6.07, 6.45) is 4.74. The Bertz CT molecular complexity index is 1620. The molecule has 1 amide bonds. The largest absolute Gasteiger partial charge is 0.348 e. The van der Waals surface area contributed by atoms with Gasteiger partial charge >= 0.3 is 0 Å². The molecule has 190 valence electrons. The molecule has 3 aromatic carbocycles. The second-order valence-electron chi connectivity index (χ2n) is 9.20. The molecule has 7 nitrogen and oxygen atoms in total. The van der Waals surface area contributed by atoms with E-state index in [4.69, 9.17) is 11.6 Å². The van der Waals surface area contributed by atoms with Gasteiger partial charge in [0.05, 0.1) is 4.90 Å². The van der Waals surface area contributed by atoms with Crippen LogP contribution in [0.5, 0.6) is 0 Å². The molecule has 5 rings (SSSR count). The number of carbonyl (C=O) groups excluding carboxylic acids is 1. The maximum absolute atomic E-state index is 13.2. The van der Waals surface area contributed by atoms with Crippen molar-refractivity contribution < 1.29 is 13.2 Å². The minimum atomic E-state index is -3.80. The van der Waals surface area contributed by atoms with E-state index in [1.807, 2.05) is 0 Å². The number of rotatable bonds is 6. The van der Waals surface area contributed by atoms with E-state index in [1.165, 1.54) is 10.6 Å². The third-order valence-electron chi connectivity index (χ3n) is 6.70. The van der Waals surface area contributed by atoms with E-state index in [2.05, 4.69) is 10.0 Å². The van der Waals surface area contributed by atoms with E-state index >= 15 is 0 Å². The first-order chi connectivity index (χ1) is 17.8. The van der Waals surface area contributed by atoms with Crippen LogP contribution in [0.2, 0.25) is 5.02 Å². The average Bonchev–Trinajstić information content (AvgIpc) is 2.89. The lowest BCUT2D eigenvalue weighted by Gasteiger charge is -2.32. The number of sulfonamides is 1. The number of pyridine rings is 1. The number of hydrogen-bond donors (Lipinski definition) is 2. The lowest BCUT2D eigenvalue weighted by Crippen LogP contribution is -2.53. The maximum atomic E-state index is 13.2. The molecule has 1 heterocycles. The van der Waals surface area contributed by atoms with E-state index in [1.54, 1.807) is 79.0 Å². The molecular weight excluding hydrogens is 510 g/mol. The summed E-state index contributed by atoms with van der Waals surface area (Å²) in [5, 5.41) is 5.24. The maximum Gasteiger partial charge on any atom is 0.255 e. The second-order valence-corrected chi connectivity index (χ2v) is 11.4.